The highest BCUT2D eigenvalue weighted by atomic mass is 15.3. The largest absolute Gasteiger partial charge is 0.353 e. The van der Waals surface area contributed by atoms with Crippen molar-refractivity contribution in [2.75, 3.05) is 37.6 Å². The molecule has 0 N–H and O–H groups in total. The minimum absolute atomic E-state index is 0.838. The maximum atomic E-state index is 5.28. The second-order valence-corrected chi connectivity index (χ2v) is 4.30. The molecule has 1 aliphatic heterocycles. The monoisotopic (exact) mass is 230 g/mol. The number of terminal acetylenes is 1. The van der Waals surface area contributed by atoms with Crippen molar-refractivity contribution in [3.8, 4) is 12.3 Å². The van der Waals surface area contributed by atoms with Gasteiger partial charge in [-0.2, -0.15) is 0 Å². The Morgan fingerprint density at radius 3 is 2.71 bits per heavy atom. The van der Waals surface area contributed by atoms with Gasteiger partial charge in [0.2, 0.25) is 0 Å². The predicted octanol–water partition coefficient (Wildman–Crippen LogP) is 0.930. The fourth-order valence-corrected chi connectivity index (χ4v) is 2.03. The number of hydrogen-bond acceptors (Lipinski definition) is 4. The van der Waals surface area contributed by atoms with Crippen LogP contribution in [0.25, 0.3) is 0 Å². The van der Waals surface area contributed by atoms with Crippen molar-refractivity contribution in [1.29, 1.82) is 0 Å². The number of aromatic nitrogens is 2. The van der Waals surface area contributed by atoms with Crippen molar-refractivity contribution in [1.82, 2.24) is 14.9 Å². The summed E-state index contributed by atoms with van der Waals surface area (Å²) in [5.41, 5.74) is 0.970. The topological polar surface area (TPSA) is 32.3 Å². The first kappa shape index (κ1) is 11.9. The van der Waals surface area contributed by atoms with Gasteiger partial charge < -0.3 is 4.90 Å². The third-order valence-corrected chi connectivity index (χ3v) is 3.01. The zero-order valence-corrected chi connectivity index (χ0v) is 10.3. The Kier molecular flexibility index (Phi) is 3.94. The van der Waals surface area contributed by atoms with Crippen molar-refractivity contribution in [2.45, 2.75) is 13.3 Å². The Balaban J connectivity index is 1.89. The lowest BCUT2D eigenvalue weighted by Gasteiger charge is -2.34. The van der Waals surface area contributed by atoms with Crippen LogP contribution in [0.2, 0.25) is 0 Å². The van der Waals surface area contributed by atoms with Gasteiger partial charge in [0, 0.05) is 45.3 Å². The summed E-state index contributed by atoms with van der Waals surface area (Å²) in [7, 11) is 0. The number of aryl methyl sites for hydroxylation is 1. The Labute approximate surface area is 103 Å². The Hall–Kier alpha value is -1.60. The second kappa shape index (κ2) is 5.65. The molecule has 90 valence electrons. The van der Waals surface area contributed by atoms with Gasteiger partial charge >= 0.3 is 0 Å². The molecule has 1 aromatic rings. The van der Waals surface area contributed by atoms with Crippen LogP contribution in [0.15, 0.2) is 12.4 Å². The minimum Gasteiger partial charge on any atom is -0.353 e. The molecule has 17 heavy (non-hydrogen) atoms. The SMILES string of the molecule is C#CCCN1CCN(c2cncc(C)n2)CC1. The number of hydrogen-bond donors (Lipinski definition) is 0. The van der Waals surface area contributed by atoms with Gasteiger partial charge in [-0.1, -0.05) is 0 Å². The van der Waals surface area contributed by atoms with E-state index >= 15 is 0 Å². The molecule has 1 saturated heterocycles. The van der Waals surface area contributed by atoms with Crippen molar-refractivity contribution in [3.05, 3.63) is 18.1 Å². The summed E-state index contributed by atoms with van der Waals surface area (Å²) in [5, 5.41) is 0. The highest BCUT2D eigenvalue weighted by Gasteiger charge is 2.17. The molecule has 0 saturated carbocycles. The zero-order valence-electron chi connectivity index (χ0n) is 10.3. The van der Waals surface area contributed by atoms with Crippen molar-refractivity contribution in [3.63, 3.8) is 0 Å². The van der Waals surface area contributed by atoms with Crippen LogP contribution in [-0.2, 0) is 0 Å². The van der Waals surface area contributed by atoms with Crippen LogP contribution < -0.4 is 4.90 Å². The van der Waals surface area contributed by atoms with Gasteiger partial charge in [0.15, 0.2) is 0 Å². The van der Waals surface area contributed by atoms with E-state index in [0.29, 0.717) is 0 Å². The van der Waals surface area contributed by atoms with Crippen LogP contribution in [0, 0.1) is 19.3 Å². The molecule has 2 heterocycles. The van der Waals surface area contributed by atoms with Crippen molar-refractivity contribution < 1.29 is 0 Å². The van der Waals surface area contributed by atoms with E-state index in [4.69, 9.17) is 6.42 Å². The fraction of sp³-hybridized carbons (Fsp3) is 0.538. The smallest absolute Gasteiger partial charge is 0.147 e. The molecular weight excluding hydrogens is 212 g/mol. The highest BCUT2D eigenvalue weighted by Crippen LogP contribution is 2.12. The summed E-state index contributed by atoms with van der Waals surface area (Å²) < 4.78 is 0. The summed E-state index contributed by atoms with van der Waals surface area (Å²) in [6, 6.07) is 0. The van der Waals surface area contributed by atoms with Crippen molar-refractivity contribution in [2.24, 2.45) is 0 Å². The first-order valence-corrected chi connectivity index (χ1v) is 5.99. The fourth-order valence-electron chi connectivity index (χ4n) is 2.03. The van der Waals surface area contributed by atoms with E-state index in [9.17, 15) is 0 Å². The number of nitrogens with zero attached hydrogens (tertiary/aromatic N) is 4. The molecule has 1 aliphatic rings. The van der Waals surface area contributed by atoms with Crippen LogP contribution in [0.3, 0.4) is 0 Å². The van der Waals surface area contributed by atoms with Crippen LogP contribution in [0.5, 0.6) is 0 Å². The Bertz CT molecular complexity index is 402. The lowest BCUT2D eigenvalue weighted by molar-refractivity contribution is 0.263. The molecule has 1 fully saturated rings. The van der Waals surface area contributed by atoms with E-state index in [0.717, 1.165) is 50.7 Å². The Morgan fingerprint density at radius 1 is 1.29 bits per heavy atom. The molecule has 4 heteroatoms. The number of anilines is 1. The predicted molar refractivity (Wildman–Crippen MR) is 68.9 cm³/mol. The summed E-state index contributed by atoms with van der Waals surface area (Å²) in [5.74, 6) is 3.68. The summed E-state index contributed by atoms with van der Waals surface area (Å²) in [6.45, 7) is 7.09. The van der Waals surface area contributed by atoms with Gasteiger partial charge in [-0.05, 0) is 6.92 Å². The lowest BCUT2D eigenvalue weighted by atomic mass is 10.3. The molecule has 0 radical (unpaired) electrons. The van der Waals surface area contributed by atoms with Crippen LogP contribution >= 0.6 is 0 Å². The van der Waals surface area contributed by atoms with E-state index in [-0.39, 0.29) is 0 Å². The van der Waals surface area contributed by atoms with Crippen LogP contribution in [-0.4, -0.2) is 47.6 Å². The maximum absolute atomic E-state index is 5.28. The first-order valence-electron chi connectivity index (χ1n) is 5.99. The average molecular weight is 230 g/mol. The molecule has 0 atom stereocenters. The normalized spacial score (nSPS) is 16.8. The van der Waals surface area contributed by atoms with E-state index < -0.39 is 0 Å². The highest BCUT2D eigenvalue weighted by molar-refractivity contribution is 5.36. The van der Waals surface area contributed by atoms with Crippen LogP contribution in [0.1, 0.15) is 12.1 Å². The third-order valence-electron chi connectivity index (χ3n) is 3.01. The van der Waals surface area contributed by atoms with Gasteiger partial charge in [0.25, 0.3) is 0 Å². The molecular formula is C13H18N4. The molecule has 0 aliphatic carbocycles. The minimum atomic E-state index is 0.838. The second-order valence-electron chi connectivity index (χ2n) is 4.30. The number of piperazine rings is 1. The lowest BCUT2D eigenvalue weighted by Crippen LogP contribution is -2.46. The third kappa shape index (κ3) is 3.18. The van der Waals surface area contributed by atoms with Gasteiger partial charge in [-0.25, -0.2) is 4.98 Å². The standard InChI is InChI=1S/C13H18N4/c1-3-4-5-16-6-8-17(9-7-16)13-11-14-10-12(2)15-13/h1,10-11H,4-9H2,2H3. The van der Waals surface area contributed by atoms with Gasteiger partial charge in [-0.15, -0.1) is 12.3 Å². The molecule has 1 aromatic heterocycles. The summed E-state index contributed by atoms with van der Waals surface area (Å²) >= 11 is 0. The summed E-state index contributed by atoms with van der Waals surface area (Å²) in [4.78, 5) is 13.4. The molecule has 0 unspecified atom stereocenters. The maximum Gasteiger partial charge on any atom is 0.147 e. The van der Waals surface area contributed by atoms with Gasteiger partial charge in [0.05, 0.1) is 11.9 Å². The summed E-state index contributed by atoms with van der Waals surface area (Å²) in [6.07, 6.45) is 9.73. The first-order chi connectivity index (χ1) is 8.29. The Morgan fingerprint density at radius 2 is 2.06 bits per heavy atom. The van der Waals surface area contributed by atoms with Gasteiger partial charge in [0.1, 0.15) is 5.82 Å². The van der Waals surface area contributed by atoms with Gasteiger partial charge in [-0.3, -0.25) is 9.88 Å². The van der Waals surface area contributed by atoms with E-state index in [1.807, 2.05) is 13.1 Å². The average Bonchev–Trinajstić information content (AvgIpc) is 2.37. The van der Waals surface area contributed by atoms with Crippen LogP contribution in [0.4, 0.5) is 5.82 Å². The molecule has 0 bridgehead atoms. The molecule has 0 aromatic carbocycles. The quantitative estimate of drug-likeness (QED) is 0.723. The van der Waals surface area contributed by atoms with E-state index in [1.54, 1.807) is 6.20 Å². The van der Waals surface area contributed by atoms with Crippen molar-refractivity contribution >= 4 is 5.82 Å². The van der Waals surface area contributed by atoms with E-state index in [2.05, 4.69) is 25.7 Å². The van der Waals surface area contributed by atoms with E-state index in [1.165, 1.54) is 0 Å². The molecule has 0 spiro atoms. The zero-order chi connectivity index (χ0) is 12.1. The molecule has 4 nitrogen and oxygen atoms in total. The number of rotatable bonds is 3. The molecule has 2 rings (SSSR count). The molecule has 0 amide bonds.